The summed E-state index contributed by atoms with van der Waals surface area (Å²) in [5.74, 6) is -0.362. The van der Waals surface area contributed by atoms with Crippen LogP contribution in [0.25, 0.3) is 0 Å². The average molecular weight is 247 g/mol. The molecule has 1 saturated carbocycles. The van der Waals surface area contributed by atoms with E-state index in [0.717, 1.165) is 5.56 Å². The van der Waals surface area contributed by atoms with Crippen molar-refractivity contribution < 1.29 is 9.59 Å². The lowest BCUT2D eigenvalue weighted by atomic mass is 10.1. The minimum Gasteiger partial charge on any atom is -0.355 e. The number of carbonyl (C=O) groups excluding carboxylic acids is 2. The molecular weight excluding hydrogens is 230 g/mol. The van der Waals surface area contributed by atoms with Gasteiger partial charge in [0, 0.05) is 18.3 Å². The molecule has 0 saturated heterocycles. The molecule has 96 valence electrons. The second-order valence-corrected chi connectivity index (χ2v) is 4.72. The molecule has 0 unspecified atom stereocenters. The topological polar surface area (TPSA) is 84.2 Å². The summed E-state index contributed by atoms with van der Waals surface area (Å²) >= 11 is 0. The number of aryl methyl sites for hydroxylation is 1. The van der Waals surface area contributed by atoms with Gasteiger partial charge in [0.15, 0.2) is 0 Å². The number of anilines is 1. The van der Waals surface area contributed by atoms with E-state index in [9.17, 15) is 9.59 Å². The van der Waals surface area contributed by atoms with Gasteiger partial charge in [-0.1, -0.05) is 6.07 Å². The second kappa shape index (κ2) is 4.42. The van der Waals surface area contributed by atoms with E-state index in [1.165, 1.54) is 0 Å². The molecule has 0 spiro atoms. The van der Waals surface area contributed by atoms with E-state index in [0.29, 0.717) is 24.1 Å². The molecule has 4 N–H and O–H groups in total. The van der Waals surface area contributed by atoms with E-state index < -0.39 is 5.54 Å². The quantitative estimate of drug-likeness (QED) is 0.738. The predicted molar refractivity (Wildman–Crippen MR) is 69.4 cm³/mol. The average Bonchev–Trinajstić information content (AvgIpc) is 3.10. The SMILES string of the molecule is CNC(=O)c1ccc(C)c(NC(=O)C2(N)CC2)c1. The molecule has 5 heteroatoms. The highest BCUT2D eigenvalue weighted by Gasteiger charge is 2.46. The van der Waals surface area contributed by atoms with E-state index in [-0.39, 0.29) is 11.8 Å². The Balaban J connectivity index is 2.21. The van der Waals surface area contributed by atoms with Gasteiger partial charge in [-0.3, -0.25) is 9.59 Å². The van der Waals surface area contributed by atoms with Gasteiger partial charge in [-0.2, -0.15) is 0 Å². The van der Waals surface area contributed by atoms with Crippen molar-refractivity contribution in [1.29, 1.82) is 0 Å². The number of rotatable bonds is 3. The number of nitrogens with one attached hydrogen (secondary N) is 2. The lowest BCUT2D eigenvalue weighted by Gasteiger charge is -2.13. The third-order valence-corrected chi connectivity index (χ3v) is 3.22. The molecule has 1 aliphatic carbocycles. The summed E-state index contributed by atoms with van der Waals surface area (Å²) < 4.78 is 0. The van der Waals surface area contributed by atoms with Crippen LogP contribution in [0.4, 0.5) is 5.69 Å². The Kier molecular flexibility index (Phi) is 3.09. The highest BCUT2D eigenvalue weighted by Crippen LogP contribution is 2.33. The van der Waals surface area contributed by atoms with Gasteiger partial charge in [-0.25, -0.2) is 0 Å². The van der Waals surface area contributed by atoms with Gasteiger partial charge in [0.25, 0.3) is 5.91 Å². The lowest BCUT2D eigenvalue weighted by molar-refractivity contribution is -0.118. The van der Waals surface area contributed by atoms with Crippen molar-refractivity contribution in [3.8, 4) is 0 Å². The molecule has 18 heavy (non-hydrogen) atoms. The van der Waals surface area contributed by atoms with Gasteiger partial charge in [0.1, 0.15) is 0 Å². The van der Waals surface area contributed by atoms with Crippen LogP contribution in [0.5, 0.6) is 0 Å². The highest BCUT2D eigenvalue weighted by molar-refractivity contribution is 6.02. The first-order chi connectivity index (χ1) is 8.46. The molecule has 1 aromatic rings. The minimum atomic E-state index is -0.713. The number of benzene rings is 1. The largest absolute Gasteiger partial charge is 0.355 e. The molecule has 1 fully saturated rings. The first-order valence-corrected chi connectivity index (χ1v) is 5.89. The Bertz CT molecular complexity index is 507. The summed E-state index contributed by atoms with van der Waals surface area (Å²) in [6.07, 6.45) is 1.43. The predicted octanol–water partition coefficient (Wildman–Crippen LogP) is 0.784. The first kappa shape index (κ1) is 12.6. The van der Waals surface area contributed by atoms with Gasteiger partial charge in [-0.05, 0) is 37.5 Å². The van der Waals surface area contributed by atoms with Crippen LogP contribution >= 0.6 is 0 Å². The fraction of sp³-hybridized carbons (Fsp3) is 0.385. The summed E-state index contributed by atoms with van der Waals surface area (Å²) in [4.78, 5) is 23.4. The Morgan fingerprint density at radius 1 is 1.33 bits per heavy atom. The fourth-order valence-electron chi connectivity index (χ4n) is 1.65. The van der Waals surface area contributed by atoms with Crippen LogP contribution in [0.15, 0.2) is 18.2 Å². The third kappa shape index (κ3) is 2.36. The molecule has 2 amide bonds. The molecule has 0 aliphatic heterocycles. The zero-order chi connectivity index (χ0) is 13.3. The number of hydrogen-bond acceptors (Lipinski definition) is 3. The van der Waals surface area contributed by atoms with Crippen molar-refractivity contribution in [1.82, 2.24) is 5.32 Å². The van der Waals surface area contributed by atoms with Gasteiger partial charge in [0.05, 0.1) is 5.54 Å². The van der Waals surface area contributed by atoms with E-state index in [1.807, 2.05) is 6.92 Å². The Hall–Kier alpha value is -1.88. The molecule has 1 aliphatic rings. The molecular formula is C13H17N3O2. The number of hydrogen-bond donors (Lipinski definition) is 3. The van der Waals surface area contributed by atoms with Crippen LogP contribution in [0.3, 0.4) is 0 Å². The number of nitrogens with two attached hydrogens (primary N) is 1. The van der Waals surface area contributed by atoms with E-state index in [2.05, 4.69) is 10.6 Å². The molecule has 0 bridgehead atoms. The van der Waals surface area contributed by atoms with Crippen LogP contribution in [-0.2, 0) is 4.79 Å². The standard InChI is InChI=1S/C13H17N3O2/c1-8-3-4-9(11(17)15-2)7-10(8)16-12(18)13(14)5-6-13/h3-4,7H,5-6,14H2,1-2H3,(H,15,17)(H,16,18). The summed E-state index contributed by atoms with van der Waals surface area (Å²) in [5.41, 5.74) is 7.16. The maximum Gasteiger partial charge on any atom is 0.251 e. The maximum absolute atomic E-state index is 11.9. The van der Waals surface area contributed by atoms with Crippen molar-refractivity contribution in [2.45, 2.75) is 25.3 Å². The van der Waals surface area contributed by atoms with E-state index >= 15 is 0 Å². The van der Waals surface area contributed by atoms with E-state index in [1.54, 1.807) is 25.2 Å². The van der Waals surface area contributed by atoms with Crippen molar-refractivity contribution >= 4 is 17.5 Å². The first-order valence-electron chi connectivity index (χ1n) is 5.89. The number of amides is 2. The zero-order valence-corrected chi connectivity index (χ0v) is 10.5. The van der Waals surface area contributed by atoms with Crippen molar-refractivity contribution in [3.05, 3.63) is 29.3 Å². The van der Waals surface area contributed by atoms with Crippen LogP contribution in [0, 0.1) is 6.92 Å². The number of carbonyl (C=O) groups is 2. The molecule has 0 radical (unpaired) electrons. The molecule has 5 nitrogen and oxygen atoms in total. The summed E-state index contributed by atoms with van der Waals surface area (Å²) in [7, 11) is 1.57. The minimum absolute atomic E-state index is 0.181. The third-order valence-electron chi connectivity index (χ3n) is 3.22. The van der Waals surface area contributed by atoms with Crippen LogP contribution < -0.4 is 16.4 Å². The zero-order valence-electron chi connectivity index (χ0n) is 10.5. The van der Waals surface area contributed by atoms with Crippen molar-refractivity contribution in [2.75, 3.05) is 12.4 Å². The Labute approximate surface area is 106 Å². The second-order valence-electron chi connectivity index (χ2n) is 4.72. The van der Waals surface area contributed by atoms with Gasteiger partial charge in [0.2, 0.25) is 5.91 Å². The smallest absolute Gasteiger partial charge is 0.251 e. The van der Waals surface area contributed by atoms with Gasteiger partial charge < -0.3 is 16.4 Å². The molecule has 0 atom stereocenters. The molecule has 2 rings (SSSR count). The fourth-order valence-corrected chi connectivity index (χ4v) is 1.65. The van der Waals surface area contributed by atoms with Gasteiger partial charge in [-0.15, -0.1) is 0 Å². The Morgan fingerprint density at radius 2 is 2.00 bits per heavy atom. The molecule has 0 heterocycles. The van der Waals surface area contributed by atoms with Crippen LogP contribution in [0.2, 0.25) is 0 Å². The summed E-state index contributed by atoms with van der Waals surface area (Å²) in [6.45, 7) is 1.87. The van der Waals surface area contributed by atoms with E-state index in [4.69, 9.17) is 5.73 Å². The summed E-state index contributed by atoms with van der Waals surface area (Å²) in [6, 6.07) is 5.19. The van der Waals surface area contributed by atoms with Crippen LogP contribution in [-0.4, -0.2) is 24.4 Å². The normalized spacial score (nSPS) is 15.9. The molecule has 0 aromatic heterocycles. The van der Waals surface area contributed by atoms with Crippen LogP contribution in [0.1, 0.15) is 28.8 Å². The molecule has 1 aromatic carbocycles. The van der Waals surface area contributed by atoms with Gasteiger partial charge >= 0.3 is 0 Å². The maximum atomic E-state index is 11.9. The monoisotopic (exact) mass is 247 g/mol. The highest BCUT2D eigenvalue weighted by atomic mass is 16.2. The Morgan fingerprint density at radius 3 is 2.56 bits per heavy atom. The van der Waals surface area contributed by atoms with Crippen molar-refractivity contribution in [2.24, 2.45) is 5.73 Å². The summed E-state index contributed by atoms with van der Waals surface area (Å²) in [5, 5.41) is 5.34. The lowest BCUT2D eigenvalue weighted by Crippen LogP contribution is -2.38. The van der Waals surface area contributed by atoms with Crippen molar-refractivity contribution in [3.63, 3.8) is 0 Å².